The molecule has 39 heavy (non-hydrogen) atoms. The second-order valence-electron chi connectivity index (χ2n) is 10.6. The Morgan fingerprint density at radius 1 is 1.05 bits per heavy atom. The second kappa shape index (κ2) is 9.35. The first-order valence-electron chi connectivity index (χ1n) is 12.8. The van der Waals surface area contributed by atoms with Crippen molar-refractivity contribution in [2.75, 3.05) is 19.0 Å². The van der Waals surface area contributed by atoms with Crippen LogP contribution >= 0.6 is 39.0 Å². The maximum atomic E-state index is 13.7. The number of imide groups is 1. The number of hydrogen-bond donors (Lipinski definition) is 2. The molecule has 7 atom stereocenters. The molecule has 0 radical (unpaired) electrons. The fraction of sp³-hybridized carbons (Fsp3) is 0.357. The molecule has 2 aliphatic heterocycles. The molecule has 0 spiro atoms. The Bertz CT molecular complexity index is 1550. The predicted molar refractivity (Wildman–Crippen MR) is 151 cm³/mol. The zero-order valence-electron chi connectivity index (χ0n) is 20.8. The van der Waals surface area contributed by atoms with Gasteiger partial charge in [-0.15, -0.1) is 11.8 Å². The van der Waals surface area contributed by atoms with E-state index in [1.54, 1.807) is 43.1 Å². The van der Waals surface area contributed by atoms with Gasteiger partial charge < -0.3 is 15.0 Å². The van der Waals surface area contributed by atoms with Crippen LogP contribution in [0.1, 0.15) is 22.8 Å². The van der Waals surface area contributed by atoms with Crippen LogP contribution in [0.4, 0.5) is 5.69 Å². The molecule has 3 heterocycles. The Kier molecular flexibility index (Phi) is 6.02. The normalized spacial score (nSPS) is 30.2. The lowest BCUT2D eigenvalue weighted by Crippen LogP contribution is -2.42. The van der Waals surface area contributed by atoms with Crippen molar-refractivity contribution < 1.29 is 19.1 Å². The number of nitrogens with zero attached hydrogens (tertiary/aromatic N) is 1. The Labute approximate surface area is 240 Å². The van der Waals surface area contributed by atoms with Crippen molar-refractivity contribution in [3.8, 4) is 5.75 Å². The summed E-state index contributed by atoms with van der Waals surface area (Å²) in [6, 6.07) is 15.1. The van der Waals surface area contributed by atoms with E-state index in [4.69, 9.17) is 4.74 Å². The summed E-state index contributed by atoms with van der Waals surface area (Å²) in [5.74, 6) is -0.914. The van der Waals surface area contributed by atoms with Crippen molar-refractivity contribution in [3.05, 3.63) is 73.1 Å². The molecule has 2 N–H and O–H groups in total. The molecule has 3 amide bonds. The number of methoxy groups -OCH3 is 1. The number of rotatable bonds is 5. The maximum Gasteiger partial charge on any atom is 0.305 e. The number of carbonyl (C=O) groups excluding carboxylic acids is 3. The van der Waals surface area contributed by atoms with Crippen LogP contribution in [0.3, 0.4) is 0 Å². The number of amides is 3. The van der Waals surface area contributed by atoms with Gasteiger partial charge in [-0.1, -0.05) is 39.4 Å². The number of aromatic amines is 1. The van der Waals surface area contributed by atoms with E-state index < -0.39 is 17.7 Å². The first kappa shape index (κ1) is 25.1. The van der Waals surface area contributed by atoms with E-state index >= 15 is 0 Å². The highest BCUT2D eigenvalue weighted by Gasteiger charge is 2.69. The lowest BCUT2D eigenvalue weighted by Gasteiger charge is -2.43. The first-order chi connectivity index (χ1) is 18.8. The number of ether oxygens (including phenoxy) is 1. The number of thiazole rings is 1. The van der Waals surface area contributed by atoms with Gasteiger partial charge >= 0.3 is 4.87 Å². The topological polar surface area (TPSA) is 109 Å². The van der Waals surface area contributed by atoms with E-state index in [0.717, 1.165) is 26.4 Å². The SMILES string of the molecule is COc1ccc(NC(=O)CN2C(=O)C3C4CC(C3C2=O)C2C4Sc3[nH]c(=O)sc3[C@@H]2c2ccc(Br)cc2)cc1. The zero-order valence-corrected chi connectivity index (χ0v) is 24.0. The molecule has 8 nitrogen and oxygen atoms in total. The summed E-state index contributed by atoms with van der Waals surface area (Å²) >= 11 is 6.42. The number of anilines is 1. The molecule has 4 aliphatic rings. The fourth-order valence-corrected chi connectivity index (χ4v) is 10.4. The van der Waals surface area contributed by atoms with E-state index in [0.29, 0.717) is 11.4 Å². The molecule has 200 valence electrons. The van der Waals surface area contributed by atoms with Crippen LogP contribution in [0.15, 0.2) is 62.8 Å². The third-order valence-corrected chi connectivity index (χ3v) is 11.8. The van der Waals surface area contributed by atoms with Gasteiger partial charge in [0.15, 0.2) is 0 Å². The highest BCUT2D eigenvalue weighted by molar-refractivity contribution is 9.10. The van der Waals surface area contributed by atoms with Crippen LogP contribution in [0.5, 0.6) is 5.75 Å². The van der Waals surface area contributed by atoms with Gasteiger partial charge in [0.2, 0.25) is 17.7 Å². The molecule has 2 saturated carbocycles. The molecule has 1 saturated heterocycles. The molecule has 1 aromatic heterocycles. The van der Waals surface area contributed by atoms with Gasteiger partial charge in [0.25, 0.3) is 0 Å². The molecule has 7 rings (SSSR count). The second-order valence-corrected chi connectivity index (χ2v) is 13.7. The highest BCUT2D eigenvalue weighted by Crippen LogP contribution is 2.68. The lowest BCUT2D eigenvalue weighted by molar-refractivity contribution is -0.143. The molecule has 3 aromatic rings. The minimum atomic E-state index is -0.423. The largest absolute Gasteiger partial charge is 0.497 e. The number of halogens is 1. The Morgan fingerprint density at radius 3 is 2.44 bits per heavy atom. The van der Waals surface area contributed by atoms with Crippen molar-refractivity contribution >= 4 is 62.4 Å². The first-order valence-corrected chi connectivity index (χ1v) is 15.3. The summed E-state index contributed by atoms with van der Waals surface area (Å²) in [7, 11) is 1.57. The van der Waals surface area contributed by atoms with E-state index in [1.807, 2.05) is 12.1 Å². The number of fused-ring (bicyclic) bond motifs is 9. The number of likely N-dealkylation sites (tertiary alicyclic amines) is 1. The highest BCUT2D eigenvalue weighted by atomic mass is 79.9. The number of benzene rings is 2. The van der Waals surface area contributed by atoms with Crippen LogP contribution < -0.4 is 14.9 Å². The van der Waals surface area contributed by atoms with E-state index in [-0.39, 0.29) is 52.2 Å². The molecule has 2 aromatic carbocycles. The van der Waals surface area contributed by atoms with E-state index in [9.17, 15) is 19.2 Å². The molecule has 2 aliphatic carbocycles. The number of carbonyl (C=O) groups is 3. The number of thioether (sulfide) groups is 1. The molecule has 3 fully saturated rings. The van der Waals surface area contributed by atoms with Crippen molar-refractivity contribution in [1.82, 2.24) is 9.88 Å². The van der Waals surface area contributed by atoms with Crippen molar-refractivity contribution in [2.24, 2.45) is 29.6 Å². The number of nitrogens with one attached hydrogen (secondary N) is 2. The summed E-state index contributed by atoms with van der Waals surface area (Å²) in [5, 5.41) is 3.78. The Balaban J connectivity index is 1.17. The van der Waals surface area contributed by atoms with Gasteiger partial charge in [-0.25, -0.2) is 0 Å². The maximum absolute atomic E-state index is 13.7. The number of hydrogen-bond acceptors (Lipinski definition) is 7. The monoisotopic (exact) mass is 625 g/mol. The van der Waals surface area contributed by atoms with Crippen LogP contribution in [-0.4, -0.2) is 46.5 Å². The predicted octanol–water partition coefficient (Wildman–Crippen LogP) is 4.32. The number of aromatic nitrogens is 1. The van der Waals surface area contributed by atoms with Crippen molar-refractivity contribution in [1.29, 1.82) is 0 Å². The zero-order chi connectivity index (χ0) is 27.0. The summed E-state index contributed by atoms with van der Waals surface area (Å²) < 4.78 is 6.13. The fourth-order valence-electron chi connectivity index (χ4n) is 7.30. The summed E-state index contributed by atoms with van der Waals surface area (Å²) in [6.45, 7) is -0.296. The van der Waals surface area contributed by atoms with Crippen LogP contribution in [-0.2, 0) is 14.4 Å². The average Bonchev–Trinajstić information content (AvgIpc) is 3.66. The van der Waals surface area contributed by atoms with Gasteiger partial charge in [-0.05, 0) is 66.1 Å². The van der Waals surface area contributed by atoms with E-state index in [1.165, 1.54) is 16.2 Å². The van der Waals surface area contributed by atoms with Crippen LogP contribution in [0.25, 0.3) is 0 Å². The number of H-pyrrole nitrogens is 1. The van der Waals surface area contributed by atoms with Crippen LogP contribution in [0.2, 0.25) is 0 Å². The average molecular weight is 627 g/mol. The molecule has 2 bridgehead atoms. The Morgan fingerprint density at radius 2 is 1.74 bits per heavy atom. The van der Waals surface area contributed by atoms with Crippen molar-refractivity contribution in [2.45, 2.75) is 22.6 Å². The van der Waals surface area contributed by atoms with Gasteiger partial charge in [0, 0.05) is 26.2 Å². The smallest absolute Gasteiger partial charge is 0.305 e. The summed E-state index contributed by atoms with van der Waals surface area (Å²) in [4.78, 5) is 57.7. The van der Waals surface area contributed by atoms with Gasteiger partial charge in [-0.2, -0.15) is 0 Å². The summed E-state index contributed by atoms with van der Waals surface area (Å²) in [5.41, 5.74) is 1.68. The molecule has 11 heteroatoms. The van der Waals surface area contributed by atoms with E-state index in [2.05, 4.69) is 38.4 Å². The van der Waals surface area contributed by atoms with Crippen molar-refractivity contribution in [3.63, 3.8) is 0 Å². The third-order valence-electron chi connectivity index (χ3n) is 8.72. The third kappa shape index (κ3) is 3.92. The molecular formula is C28H24BrN3O5S2. The van der Waals surface area contributed by atoms with Gasteiger partial charge in [0.1, 0.15) is 12.3 Å². The molecule has 6 unspecified atom stereocenters. The summed E-state index contributed by atoms with van der Waals surface area (Å²) in [6.07, 6.45) is 0.813. The Hall–Kier alpha value is -2.89. The standard InChI is InChI=1S/C28H24BrN3O5S2/c1-37-15-8-6-14(7-9-15)30-18(33)11-32-26(34)21-16-10-17(22(21)27(32)35)23-20(16)19(12-2-4-13(29)5-3-12)24-25(38-23)31-28(36)39-24/h2-9,16-17,19-23H,10-11H2,1H3,(H,30,33)(H,31,36)/t16?,17?,19-,20?,21?,22?,23?/m1/s1. The van der Waals surface area contributed by atoms with Crippen LogP contribution in [0, 0.1) is 29.6 Å². The minimum Gasteiger partial charge on any atom is -0.497 e. The van der Waals surface area contributed by atoms with Gasteiger partial charge in [-0.3, -0.25) is 24.1 Å². The quantitative estimate of drug-likeness (QED) is 0.409. The minimum absolute atomic E-state index is 0.0163. The van der Waals surface area contributed by atoms with Gasteiger partial charge in [0.05, 0.1) is 24.0 Å². The lowest BCUT2D eigenvalue weighted by atomic mass is 9.68. The molecular weight excluding hydrogens is 602 g/mol.